The molecule has 0 aliphatic heterocycles. The van der Waals surface area contributed by atoms with E-state index in [1.54, 1.807) is 0 Å². The van der Waals surface area contributed by atoms with Crippen molar-refractivity contribution in [3.8, 4) is 0 Å². The third kappa shape index (κ3) is 5.80. The Bertz CT molecular complexity index is 61.9. The molecule has 0 heterocycles. The zero-order valence-electron chi connectivity index (χ0n) is 6.65. The van der Waals surface area contributed by atoms with Crippen molar-refractivity contribution in [1.29, 1.82) is 0 Å². The Balaban J connectivity index is 3.15. The van der Waals surface area contributed by atoms with Crippen molar-refractivity contribution in [2.45, 2.75) is 33.4 Å². The molecule has 2 nitrogen and oxygen atoms in total. The molecule has 0 aliphatic rings. The van der Waals surface area contributed by atoms with Crippen LogP contribution in [-0.2, 0) is 0 Å². The Labute approximate surface area is 57.8 Å². The van der Waals surface area contributed by atoms with E-state index in [-0.39, 0.29) is 6.17 Å². The van der Waals surface area contributed by atoms with Crippen LogP contribution in [0.2, 0.25) is 0 Å². The van der Waals surface area contributed by atoms with Crippen LogP contribution < -0.4 is 11.1 Å². The van der Waals surface area contributed by atoms with Crippen molar-refractivity contribution >= 4 is 0 Å². The summed E-state index contributed by atoms with van der Waals surface area (Å²) in [5.74, 6) is 0.694. The van der Waals surface area contributed by atoms with E-state index in [1.807, 2.05) is 0 Å². The summed E-state index contributed by atoms with van der Waals surface area (Å²) in [5.41, 5.74) is 5.67. The quantitative estimate of drug-likeness (QED) is 0.555. The summed E-state index contributed by atoms with van der Waals surface area (Å²) < 4.78 is 0. The van der Waals surface area contributed by atoms with E-state index in [1.165, 1.54) is 0 Å². The SMILES string of the molecule is CCNC(N)CC(C)C. The van der Waals surface area contributed by atoms with Gasteiger partial charge in [-0.15, -0.1) is 0 Å². The molecule has 0 bridgehead atoms. The molecule has 56 valence electrons. The Hall–Kier alpha value is -0.0800. The monoisotopic (exact) mass is 130 g/mol. The second-order valence-corrected chi connectivity index (χ2v) is 2.79. The van der Waals surface area contributed by atoms with Gasteiger partial charge in [-0.05, 0) is 18.9 Å². The first-order valence-corrected chi connectivity index (χ1v) is 3.65. The smallest absolute Gasteiger partial charge is 0.0548 e. The lowest BCUT2D eigenvalue weighted by molar-refractivity contribution is 0.436. The lowest BCUT2D eigenvalue weighted by Crippen LogP contribution is -2.38. The average Bonchev–Trinajstić information content (AvgIpc) is 1.63. The van der Waals surface area contributed by atoms with Crippen LogP contribution in [-0.4, -0.2) is 12.7 Å². The molecule has 9 heavy (non-hydrogen) atoms. The van der Waals surface area contributed by atoms with E-state index in [0.29, 0.717) is 5.92 Å². The summed E-state index contributed by atoms with van der Waals surface area (Å²) >= 11 is 0. The fourth-order valence-corrected chi connectivity index (χ4v) is 0.853. The number of nitrogens with two attached hydrogens (primary N) is 1. The van der Waals surface area contributed by atoms with Gasteiger partial charge in [0.15, 0.2) is 0 Å². The summed E-state index contributed by atoms with van der Waals surface area (Å²) in [4.78, 5) is 0. The van der Waals surface area contributed by atoms with Gasteiger partial charge in [0, 0.05) is 0 Å². The van der Waals surface area contributed by atoms with Crippen LogP contribution in [0.25, 0.3) is 0 Å². The van der Waals surface area contributed by atoms with Gasteiger partial charge >= 0.3 is 0 Å². The fourth-order valence-electron chi connectivity index (χ4n) is 0.853. The molecule has 0 spiro atoms. The predicted octanol–water partition coefficient (Wildman–Crippen LogP) is 0.927. The minimum atomic E-state index is 0.190. The van der Waals surface area contributed by atoms with Gasteiger partial charge in [-0.1, -0.05) is 20.8 Å². The van der Waals surface area contributed by atoms with Crippen LogP contribution in [0.5, 0.6) is 0 Å². The van der Waals surface area contributed by atoms with Crippen LogP contribution in [0.4, 0.5) is 0 Å². The molecule has 0 saturated heterocycles. The van der Waals surface area contributed by atoms with Crippen LogP contribution in [0.15, 0.2) is 0 Å². The molecule has 1 atom stereocenters. The van der Waals surface area contributed by atoms with Crippen LogP contribution in [0.1, 0.15) is 27.2 Å². The van der Waals surface area contributed by atoms with Gasteiger partial charge in [0.25, 0.3) is 0 Å². The number of nitrogens with one attached hydrogen (secondary N) is 1. The zero-order valence-corrected chi connectivity index (χ0v) is 6.65. The lowest BCUT2D eigenvalue weighted by atomic mass is 10.1. The number of rotatable bonds is 4. The van der Waals surface area contributed by atoms with Crippen LogP contribution in [0.3, 0.4) is 0 Å². The lowest BCUT2D eigenvalue weighted by Gasteiger charge is -2.13. The standard InChI is InChI=1S/C7H18N2/c1-4-9-7(8)5-6(2)3/h6-7,9H,4-5,8H2,1-3H3. The Morgan fingerprint density at radius 1 is 1.44 bits per heavy atom. The molecule has 0 aliphatic carbocycles. The molecule has 3 N–H and O–H groups in total. The van der Waals surface area contributed by atoms with Crippen LogP contribution in [0, 0.1) is 5.92 Å². The van der Waals surface area contributed by atoms with Crippen molar-refractivity contribution in [3.63, 3.8) is 0 Å². The highest BCUT2D eigenvalue weighted by Gasteiger charge is 2.01. The van der Waals surface area contributed by atoms with Crippen molar-refractivity contribution in [3.05, 3.63) is 0 Å². The maximum Gasteiger partial charge on any atom is 0.0548 e. The van der Waals surface area contributed by atoms with Crippen molar-refractivity contribution in [2.75, 3.05) is 6.54 Å². The van der Waals surface area contributed by atoms with E-state index in [4.69, 9.17) is 5.73 Å². The first-order chi connectivity index (χ1) is 4.16. The summed E-state index contributed by atoms with van der Waals surface area (Å²) in [6.07, 6.45) is 1.25. The average molecular weight is 130 g/mol. The molecule has 0 radical (unpaired) electrons. The minimum absolute atomic E-state index is 0.190. The molecular weight excluding hydrogens is 112 g/mol. The largest absolute Gasteiger partial charge is 0.316 e. The van der Waals surface area contributed by atoms with E-state index >= 15 is 0 Å². The Kier molecular flexibility index (Phi) is 4.72. The molecule has 2 heteroatoms. The van der Waals surface area contributed by atoms with Crippen molar-refractivity contribution < 1.29 is 0 Å². The van der Waals surface area contributed by atoms with Gasteiger partial charge in [0.05, 0.1) is 6.17 Å². The Morgan fingerprint density at radius 3 is 2.33 bits per heavy atom. The second-order valence-electron chi connectivity index (χ2n) is 2.79. The second kappa shape index (κ2) is 4.77. The van der Waals surface area contributed by atoms with E-state index in [2.05, 4.69) is 26.1 Å². The highest BCUT2D eigenvalue weighted by atomic mass is 15.0. The fraction of sp³-hybridized carbons (Fsp3) is 1.00. The first-order valence-electron chi connectivity index (χ1n) is 3.65. The van der Waals surface area contributed by atoms with Crippen LogP contribution >= 0.6 is 0 Å². The maximum absolute atomic E-state index is 5.67. The maximum atomic E-state index is 5.67. The number of hydrogen-bond acceptors (Lipinski definition) is 2. The molecule has 1 unspecified atom stereocenters. The van der Waals surface area contributed by atoms with Gasteiger partial charge < -0.3 is 11.1 Å². The summed E-state index contributed by atoms with van der Waals surface area (Å²) in [6.45, 7) is 7.39. The van der Waals surface area contributed by atoms with Crippen molar-refractivity contribution in [1.82, 2.24) is 5.32 Å². The van der Waals surface area contributed by atoms with Gasteiger partial charge in [-0.2, -0.15) is 0 Å². The molecule has 0 aromatic carbocycles. The van der Waals surface area contributed by atoms with E-state index in [0.717, 1.165) is 13.0 Å². The topological polar surface area (TPSA) is 38.0 Å². The van der Waals surface area contributed by atoms with Gasteiger partial charge in [0.2, 0.25) is 0 Å². The molecule has 0 amide bonds. The molecule has 0 aromatic rings. The third-order valence-corrected chi connectivity index (χ3v) is 1.19. The minimum Gasteiger partial charge on any atom is -0.316 e. The summed E-state index contributed by atoms with van der Waals surface area (Å²) in [5, 5.41) is 3.15. The summed E-state index contributed by atoms with van der Waals surface area (Å²) in [7, 11) is 0. The predicted molar refractivity (Wildman–Crippen MR) is 41.1 cm³/mol. The molecule has 0 aromatic heterocycles. The highest BCUT2D eigenvalue weighted by molar-refractivity contribution is 4.58. The molecule has 0 rings (SSSR count). The third-order valence-electron chi connectivity index (χ3n) is 1.19. The molecule has 0 saturated carbocycles. The first kappa shape index (κ1) is 8.92. The highest BCUT2D eigenvalue weighted by Crippen LogP contribution is 1.99. The zero-order chi connectivity index (χ0) is 7.28. The van der Waals surface area contributed by atoms with Gasteiger partial charge in [-0.25, -0.2) is 0 Å². The normalized spacial score (nSPS) is 14.3. The van der Waals surface area contributed by atoms with E-state index in [9.17, 15) is 0 Å². The van der Waals surface area contributed by atoms with Gasteiger partial charge in [0.1, 0.15) is 0 Å². The van der Waals surface area contributed by atoms with E-state index < -0.39 is 0 Å². The summed E-state index contributed by atoms with van der Waals surface area (Å²) in [6, 6.07) is 0. The van der Waals surface area contributed by atoms with Gasteiger partial charge in [-0.3, -0.25) is 0 Å². The molecular formula is C7H18N2. The molecule has 0 fully saturated rings. The number of hydrogen-bond donors (Lipinski definition) is 2. The van der Waals surface area contributed by atoms with Crippen molar-refractivity contribution in [2.24, 2.45) is 11.7 Å². The Morgan fingerprint density at radius 2 is 2.00 bits per heavy atom.